The zero-order valence-electron chi connectivity index (χ0n) is 13.6. The van der Waals surface area contributed by atoms with Gasteiger partial charge in [-0.3, -0.25) is 0 Å². The van der Waals surface area contributed by atoms with Gasteiger partial charge in [-0.05, 0) is 64.6 Å². The van der Waals surface area contributed by atoms with Crippen LogP contribution >= 0.6 is 31.9 Å². The van der Waals surface area contributed by atoms with E-state index in [0.29, 0.717) is 17.8 Å². The van der Waals surface area contributed by atoms with Crippen molar-refractivity contribution in [3.05, 3.63) is 21.0 Å². The SMILES string of the molecule is CC(C)C(CNCc1cc(Br)c(Br)o1)NC(=O)OC(C)(C)C. The van der Waals surface area contributed by atoms with E-state index in [1.165, 1.54) is 0 Å². The van der Waals surface area contributed by atoms with E-state index in [2.05, 4.69) is 56.3 Å². The van der Waals surface area contributed by atoms with Crippen LogP contribution in [0.15, 0.2) is 19.6 Å². The van der Waals surface area contributed by atoms with Gasteiger partial charge in [-0.25, -0.2) is 4.79 Å². The Kier molecular flexibility index (Phi) is 7.41. The van der Waals surface area contributed by atoms with Crippen LogP contribution in [-0.4, -0.2) is 24.3 Å². The van der Waals surface area contributed by atoms with Gasteiger partial charge in [0.05, 0.1) is 11.0 Å². The average molecular weight is 440 g/mol. The van der Waals surface area contributed by atoms with Gasteiger partial charge in [-0.2, -0.15) is 0 Å². The number of ether oxygens (including phenoxy) is 1. The highest BCUT2D eigenvalue weighted by molar-refractivity contribution is 9.13. The first-order valence-corrected chi connectivity index (χ1v) is 8.81. The van der Waals surface area contributed by atoms with Crippen molar-refractivity contribution in [3.63, 3.8) is 0 Å². The Bertz CT molecular complexity index is 476. The maximum atomic E-state index is 11.9. The highest BCUT2D eigenvalue weighted by Gasteiger charge is 2.21. The summed E-state index contributed by atoms with van der Waals surface area (Å²) >= 11 is 6.68. The molecule has 1 aromatic heterocycles. The second kappa shape index (κ2) is 8.36. The number of amides is 1. The first kappa shape index (κ1) is 19.5. The van der Waals surface area contributed by atoms with Crippen LogP contribution < -0.4 is 10.6 Å². The van der Waals surface area contributed by atoms with Gasteiger partial charge in [0, 0.05) is 12.6 Å². The molecule has 0 aromatic carbocycles. The van der Waals surface area contributed by atoms with Crippen molar-refractivity contribution in [1.82, 2.24) is 10.6 Å². The van der Waals surface area contributed by atoms with Crippen molar-refractivity contribution in [1.29, 1.82) is 0 Å². The van der Waals surface area contributed by atoms with E-state index in [9.17, 15) is 4.79 Å². The summed E-state index contributed by atoms with van der Waals surface area (Å²) < 4.78 is 12.4. The van der Waals surface area contributed by atoms with Gasteiger partial charge < -0.3 is 19.8 Å². The molecule has 1 atom stereocenters. The largest absolute Gasteiger partial charge is 0.452 e. The minimum Gasteiger partial charge on any atom is -0.452 e. The number of carbonyl (C=O) groups is 1. The Morgan fingerprint density at radius 3 is 2.45 bits per heavy atom. The van der Waals surface area contributed by atoms with E-state index in [1.807, 2.05) is 26.8 Å². The van der Waals surface area contributed by atoms with E-state index in [1.54, 1.807) is 0 Å². The predicted molar refractivity (Wildman–Crippen MR) is 93.8 cm³/mol. The van der Waals surface area contributed by atoms with Crippen LogP contribution in [0.3, 0.4) is 0 Å². The third-order valence-corrected chi connectivity index (χ3v) is 4.58. The number of nitrogens with one attached hydrogen (secondary N) is 2. The first-order valence-electron chi connectivity index (χ1n) is 7.22. The predicted octanol–water partition coefficient (Wildman–Crippen LogP) is 4.44. The van der Waals surface area contributed by atoms with Gasteiger partial charge in [0.25, 0.3) is 0 Å². The lowest BCUT2D eigenvalue weighted by Crippen LogP contribution is -2.46. The minimum atomic E-state index is -0.494. The summed E-state index contributed by atoms with van der Waals surface area (Å²) in [5.74, 6) is 1.11. The molecule has 0 bridgehead atoms. The maximum absolute atomic E-state index is 11.9. The molecule has 0 aliphatic rings. The Morgan fingerprint density at radius 1 is 1.36 bits per heavy atom. The summed E-state index contributed by atoms with van der Waals surface area (Å²) in [5.41, 5.74) is -0.494. The quantitative estimate of drug-likeness (QED) is 0.687. The number of halogens is 2. The smallest absolute Gasteiger partial charge is 0.407 e. The fourth-order valence-corrected chi connectivity index (χ4v) is 2.40. The molecule has 0 fully saturated rings. The molecular formula is C15H24Br2N2O3. The van der Waals surface area contributed by atoms with Gasteiger partial charge in [0.1, 0.15) is 11.4 Å². The van der Waals surface area contributed by atoms with Crippen LogP contribution in [0.4, 0.5) is 4.79 Å². The molecule has 0 aliphatic heterocycles. The average Bonchev–Trinajstić information content (AvgIpc) is 2.65. The molecular weight excluding hydrogens is 416 g/mol. The second-order valence-electron chi connectivity index (χ2n) is 6.46. The zero-order valence-corrected chi connectivity index (χ0v) is 16.8. The fraction of sp³-hybridized carbons (Fsp3) is 0.667. The molecule has 7 heteroatoms. The fourth-order valence-electron chi connectivity index (χ4n) is 1.74. The van der Waals surface area contributed by atoms with E-state index in [-0.39, 0.29) is 12.0 Å². The molecule has 1 unspecified atom stereocenters. The van der Waals surface area contributed by atoms with E-state index in [4.69, 9.17) is 9.15 Å². The van der Waals surface area contributed by atoms with Crippen LogP contribution in [0, 0.1) is 5.92 Å². The lowest BCUT2D eigenvalue weighted by atomic mass is 10.0. The second-order valence-corrected chi connectivity index (χ2v) is 8.04. The third kappa shape index (κ3) is 7.15. The Labute approximate surface area is 148 Å². The number of hydrogen-bond acceptors (Lipinski definition) is 4. The molecule has 2 N–H and O–H groups in total. The van der Waals surface area contributed by atoms with Crippen molar-refractivity contribution in [2.24, 2.45) is 5.92 Å². The van der Waals surface area contributed by atoms with Crippen molar-refractivity contribution >= 4 is 38.0 Å². The van der Waals surface area contributed by atoms with E-state index in [0.717, 1.165) is 10.2 Å². The van der Waals surface area contributed by atoms with Crippen LogP contribution in [0.1, 0.15) is 40.4 Å². The standard InChI is InChI=1S/C15H24Br2N2O3/c1-9(2)12(19-14(20)22-15(3,4)5)8-18-7-10-6-11(16)13(17)21-10/h6,9,12,18H,7-8H2,1-5H3,(H,19,20). The van der Waals surface area contributed by atoms with Gasteiger partial charge in [0.2, 0.25) is 0 Å². The molecule has 1 heterocycles. The number of hydrogen-bond donors (Lipinski definition) is 2. The molecule has 126 valence electrons. The number of carbonyl (C=O) groups excluding carboxylic acids is 1. The van der Waals surface area contributed by atoms with Crippen LogP contribution in [0.2, 0.25) is 0 Å². The summed E-state index contributed by atoms with van der Waals surface area (Å²) in [4.78, 5) is 11.9. The summed E-state index contributed by atoms with van der Waals surface area (Å²) in [6.45, 7) is 10.9. The van der Waals surface area contributed by atoms with Crippen molar-refractivity contribution in [2.45, 2.75) is 52.8 Å². The summed E-state index contributed by atoms with van der Waals surface area (Å²) in [5, 5.41) is 6.19. The molecule has 0 spiro atoms. The van der Waals surface area contributed by atoms with Gasteiger partial charge >= 0.3 is 6.09 Å². The van der Waals surface area contributed by atoms with Crippen LogP contribution in [0.5, 0.6) is 0 Å². The molecule has 0 saturated carbocycles. The minimum absolute atomic E-state index is 0.0170. The van der Waals surface area contributed by atoms with Crippen molar-refractivity contribution < 1.29 is 13.9 Å². The lowest BCUT2D eigenvalue weighted by Gasteiger charge is -2.26. The summed E-state index contributed by atoms with van der Waals surface area (Å²) in [6.07, 6.45) is -0.392. The van der Waals surface area contributed by atoms with Crippen LogP contribution in [0.25, 0.3) is 0 Å². The topological polar surface area (TPSA) is 63.5 Å². The molecule has 1 rings (SSSR count). The molecule has 0 saturated heterocycles. The van der Waals surface area contributed by atoms with Crippen molar-refractivity contribution in [2.75, 3.05) is 6.54 Å². The zero-order chi connectivity index (χ0) is 16.9. The highest BCUT2D eigenvalue weighted by Crippen LogP contribution is 2.26. The highest BCUT2D eigenvalue weighted by atomic mass is 79.9. The van der Waals surface area contributed by atoms with Crippen molar-refractivity contribution in [3.8, 4) is 0 Å². The monoisotopic (exact) mass is 438 g/mol. The normalized spacial score (nSPS) is 13.3. The number of alkyl carbamates (subject to hydrolysis) is 1. The molecule has 0 radical (unpaired) electrons. The molecule has 5 nitrogen and oxygen atoms in total. The Morgan fingerprint density at radius 2 is 2.00 bits per heavy atom. The maximum Gasteiger partial charge on any atom is 0.407 e. The van der Waals surface area contributed by atoms with E-state index >= 15 is 0 Å². The Hall–Kier alpha value is -0.530. The molecule has 22 heavy (non-hydrogen) atoms. The van der Waals surface area contributed by atoms with Gasteiger partial charge in [-0.15, -0.1) is 0 Å². The molecule has 1 amide bonds. The Balaban J connectivity index is 2.46. The van der Waals surface area contributed by atoms with Gasteiger partial charge in [-0.1, -0.05) is 13.8 Å². The first-order chi connectivity index (χ1) is 10.1. The number of furan rings is 1. The number of rotatable bonds is 6. The summed E-state index contributed by atoms with van der Waals surface area (Å²) in [6, 6.07) is 1.89. The molecule has 1 aromatic rings. The molecule has 0 aliphatic carbocycles. The lowest BCUT2D eigenvalue weighted by molar-refractivity contribution is 0.0490. The third-order valence-electron chi connectivity index (χ3n) is 2.87. The van der Waals surface area contributed by atoms with E-state index < -0.39 is 11.7 Å². The van der Waals surface area contributed by atoms with Gasteiger partial charge in [0.15, 0.2) is 4.67 Å². The van der Waals surface area contributed by atoms with Crippen LogP contribution in [-0.2, 0) is 11.3 Å². The summed E-state index contributed by atoms with van der Waals surface area (Å²) in [7, 11) is 0.